The predicted molar refractivity (Wildman–Crippen MR) is 63.8 cm³/mol. The van der Waals surface area contributed by atoms with E-state index in [2.05, 4.69) is 36.1 Å². The Hall–Kier alpha value is -1.07. The van der Waals surface area contributed by atoms with Gasteiger partial charge in [0.15, 0.2) is 0 Å². The van der Waals surface area contributed by atoms with Crippen LogP contribution in [0.5, 0.6) is 0 Å². The normalized spacial score (nSPS) is 10.6. The molecule has 0 fully saturated rings. The average Bonchev–Trinajstić information content (AvgIpc) is 2.01. The van der Waals surface area contributed by atoms with Gasteiger partial charge in [-0.05, 0) is 19.1 Å². The van der Waals surface area contributed by atoms with E-state index in [9.17, 15) is 0 Å². The zero-order valence-electron chi connectivity index (χ0n) is 9.39. The number of hydrogen-bond acceptors (Lipinski definition) is 1. The van der Waals surface area contributed by atoms with Gasteiger partial charge in [-0.15, -0.1) is 11.5 Å². The van der Waals surface area contributed by atoms with Gasteiger partial charge in [0.25, 0.3) is 0 Å². The van der Waals surface area contributed by atoms with Gasteiger partial charge >= 0.3 is 0 Å². The molecule has 0 radical (unpaired) electrons. The van der Waals surface area contributed by atoms with Crippen molar-refractivity contribution in [2.75, 3.05) is 0 Å². The van der Waals surface area contributed by atoms with Gasteiger partial charge < -0.3 is 0 Å². The van der Waals surface area contributed by atoms with Crippen LogP contribution in [0.2, 0.25) is 19.6 Å². The highest BCUT2D eigenvalue weighted by Gasteiger charge is 2.06. The van der Waals surface area contributed by atoms with Gasteiger partial charge in [0.05, 0.1) is 12.1 Å². The molecule has 0 bridgehead atoms. The summed E-state index contributed by atoms with van der Waals surface area (Å²) in [6.07, 6.45) is 0.784. The number of pyridine rings is 1. The lowest BCUT2D eigenvalue weighted by Crippen LogP contribution is -2.16. The highest BCUT2D eigenvalue weighted by atomic mass is 28.3. The largest absolute Gasteiger partial charge is 0.257 e. The first-order valence-corrected chi connectivity index (χ1v) is 8.40. The van der Waals surface area contributed by atoms with Crippen molar-refractivity contribution >= 4 is 8.07 Å². The fourth-order valence-electron chi connectivity index (χ4n) is 1.10. The first-order valence-electron chi connectivity index (χ1n) is 4.90. The summed E-state index contributed by atoms with van der Waals surface area (Å²) in [5.74, 6) is 3.22. The lowest BCUT2D eigenvalue weighted by molar-refractivity contribution is 1.08. The second-order valence-corrected chi connectivity index (χ2v) is 9.25. The molecule has 0 aliphatic rings. The lowest BCUT2D eigenvalue weighted by Gasteiger charge is -2.03. The Bertz CT molecular complexity index is 366. The van der Waals surface area contributed by atoms with E-state index in [0.29, 0.717) is 0 Å². The molecule has 0 aromatic carbocycles. The monoisotopic (exact) mass is 203 g/mol. The van der Waals surface area contributed by atoms with Crippen LogP contribution in [-0.2, 0) is 6.42 Å². The fraction of sp³-hybridized carbons (Fsp3) is 0.417. The van der Waals surface area contributed by atoms with Crippen LogP contribution in [0, 0.1) is 18.4 Å². The Morgan fingerprint density at radius 1 is 1.29 bits per heavy atom. The van der Waals surface area contributed by atoms with Crippen LogP contribution in [0.15, 0.2) is 18.2 Å². The molecule has 0 saturated carbocycles. The molecule has 0 aliphatic heterocycles. The topological polar surface area (TPSA) is 12.9 Å². The Morgan fingerprint density at radius 2 is 2.00 bits per heavy atom. The van der Waals surface area contributed by atoms with Gasteiger partial charge in [-0.25, -0.2) is 0 Å². The Kier molecular flexibility index (Phi) is 3.48. The van der Waals surface area contributed by atoms with Crippen LogP contribution in [0.1, 0.15) is 11.4 Å². The number of nitrogens with zero attached hydrogens (tertiary/aromatic N) is 1. The first-order chi connectivity index (χ1) is 6.47. The highest BCUT2D eigenvalue weighted by Crippen LogP contribution is 2.00. The lowest BCUT2D eigenvalue weighted by atomic mass is 10.2. The quantitative estimate of drug-likeness (QED) is 0.505. The second-order valence-electron chi connectivity index (χ2n) is 4.50. The maximum Gasteiger partial charge on any atom is 0.129 e. The molecule has 0 saturated heterocycles. The molecule has 1 heterocycles. The highest BCUT2D eigenvalue weighted by molar-refractivity contribution is 6.83. The van der Waals surface area contributed by atoms with Crippen molar-refractivity contribution in [1.82, 2.24) is 4.98 Å². The second kappa shape index (κ2) is 4.43. The van der Waals surface area contributed by atoms with Crippen molar-refractivity contribution in [3.8, 4) is 11.5 Å². The minimum Gasteiger partial charge on any atom is -0.257 e. The Morgan fingerprint density at radius 3 is 2.57 bits per heavy atom. The summed E-state index contributed by atoms with van der Waals surface area (Å²) in [6, 6.07) is 6.08. The summed E-state index contributed by atoms with van der Waals surface area (Å²) in [6.45, 7) is 8.77. The number of rotatable bonds is 1. The van der Waals surface area contributed by atoms with Crippen LogP contribution in [0.3, 0.4) is 0 Å². The van der Waals surface area contributed by atoms with Crippen LogP contribution < -0.4 is 0 Å². The minimum absolute atomic E-state index is 0.784. The standard InChI is InChI=1S/C12H17NSi/c1-11-7-5-8-12(13-11)9-6-10-14(2,3)4/h5,7-8H,9H2,1-4H3. The van der Waals surface area contributed by atoms with Crippen LogP contribution >= 0.6 is 0 Å². The minimum atomic E-state index is -1.21. The first kappa shape index (κ1) is 11.0. The average molecular weight is 203 g/mol. The molecule has 0 amide bonds. The van der Waals surface area contributed by atoms with Crippen molar-refractivity contribution in [2.24, 2.45) is 0 Å². The molecular formula is C12H17NSi. The van der Waals surface area contributed by atoms with E-state index < -0.39 is 8.07 Å². The van der Waals surface area contributed by atoms with Crippen LogP contribution in [-0.4, -0.2) is 13.1 Å². The van der Waals surface area contributed by atoms with Gasteiger partial charge in [-0.1, -0.05) is 25.7 Å². The fourth-order valence-corrected chi connectivity index (χ4v) is 1.72. The molecule has 1 aromatic heterocycles. The van der Waals surface area contributed by atoms with Gasteiger partial charge in [-0.2, -0.15) is 0 Å². The molecule has 0 spiro atoms. The molecule has 14 heavy (non-hydrogen) atoms. The Balaban J connectivity index is 2.65. The maximum atomic E-state index is 4.41. The van der Waals surface area contributed by atoms with E-state index in [4.69, 9.17) is 0 Å². The summed E-state index contributed by atoms with van der Waals surface area (Å²) < 4.78 is 0. The molecule has 1 rings (SSSR count). The summed E-state index contributed by atoms with van der Waals surface area (Å²) in [5, 5.41) is 0. The number of aryl methyl sites for hydroxylation is 1. The number of aromatic nitrogens is 1. The molecule has 2 heteroatoms. The zero-order chi connectivity index (χ0) is 10.6. The van der Waals surface area contributed by atoms with Crippen LogP contribution in [0.4, 0.5) is 0 Å². The van der Waals surface area contributed by atoms with E-state index in [1.165, 1.54) is 0 Å². The van der Waals surface area contributed by atoms with Gasteiger partial charge in [0.2, 0.25) is 0 Å². The summed E-state index contributed by atoms with van der Waals surface area (Å²) >= 11 is 0. The third kappa shape index (κ3) is 4.24. The van der Waals surface area contributed by atoms with Crippen molar-refractivity contribution in [3.05, 3.63) is 29.6 Å². The summed E-state index contributed by atoms with van der Waals surface area (Å²) in [5.41, 5.74) is 5.49. The molecule has 74 valence electrons. The van der Waals surface area contributed by atoms with Crippen molar-refractivity contribution in [3.63, 3.8) is 0 Å². The molecule has 0 N–H and O–H groups in total. The van der Waals surface area contributed by atoms with Crippen LogP contribution in [0.25, 0.3) is 0 Å². The van der Waals surface area contributed by atoms with E-state index in [1.54, 1.807) is 0 Å². The molecule has 1 nitrogen and oxygen atoms in total. The van der Waals surface area contributed by atoms with Gasteiger partial charge in [0, 0.05) is 5.69 Å². The third-order valence-corrected chi connectivity index (χ3v) is 2.61. The SMILES string of the molecule is Cc1cccc(CC#C[Si](C)(C)C)n1. The maximum absolute atomic E-state index is 4.41. The molecular weight excluding hydrogens is 186 g/mol. The molecule has 1 aromatic rings. The van der Waals surface area contributed by atoms with Crippen molar-refractivity contribution in [1.29, 1.82) is 0 Å². The van der Waals surface area contributed by atoms with E-state index in [1.807, 2.05) is 25.1 Å². The molecule has 0 atom stereocenters. The third-order valence-electron chi connectivity index (χ3n) is 1.68. The molecule has 0 unspecified atom stereocenters. The molecule has 0 aliphatic carbocycles. The zero-order valence-corrected chi connectivity index (χ0v) is 10.4. The van der Waals surface area contributed by atoms with E-state index in [-0.39, 0.29) is 0 Å². The smallest absolute Gasteiger partial charge is 0.129 e. The van der Waals surface area contributed by atoms with Crippen molar-refractivity contribution < 1.29 is 0 Å². The predicted octanol–water partition coefficient (Wildman–Crippen LogP) is 2.81. The summed E-state index contributed by atoms with van der Waals surface area (Å²) in [7, 11) is -1.21. The van der Waals surface area contributed by atoms with Crippen molar-refractivity contribution in [2.45, 2.75) is 33.0 Å². The van der Waals surface area contributed by atoms with E-state index in [0.717, 1.165) is 17.8 Å². The number of hydrogen-bond donors (Lipinski definition) is 0. The Labute approximate surface area is 87.6 Å². The van der Waals surface area contributed by atoms with E-state index >= 15 is 0 Å². The van der Waals surface area contributed by atoms with Gasteiger partial charge in [0.1, 0.15) is 8.07 Å². The van der Waals surface area contributed by atoms with Gasteiger partial charge in [-0.3, -0.25) is 4.98 Å². The summed E-state index contributed by atoms with van der Waals surface area (Å²) in [4.78, 5) is 4.41.